The zero-order valence-corrected chi connectivity index (χ0v) is 11.7. The highest BCUT2D eigenvalue weighted by molar-refractivity contribution is 5.86. The van der Waals surface area contributed by atoms with E-state index in [4.69, 9.17) is 0 Å². The summed E-state index contributed by atoms with van der Waals surface area (Å²) < 4.78 is 1.89. The molecule has 1 aliphatic rings. The molecule has 2 N–H and O–H groups in total. The van der Waals surface area contributed by atoms with Gasteiger partial charge in [0.15, 0.2) is 0 Å². The lowest BCUT2D eigenvalue weighted by Crippen LogP contribution is -2.53. The van der Waals surface area contributed by atoms with E-state index in [-0.39, 0.29) is 11.4 Å². The number of amides is 1. The van der Waals surface area contributed by atoms with Gasteiger partial charge in [0, 0.05) is 25.5 Å². The Morgan fingerprint density at radius 2 is 2.47 bits per heavy atom. The summed E-state index contributed by atoms with van der Waals surface area (Å²) in [6, 6.07) is 1.91. The highest BCUT2D eigenvalue weighted by Crippen LogP contribution is 2.24. The first kappa shape index (κ1) is 14.1. The Morgan fingerprint density at radius 3 is 3.11 bits per heavy atom. The molecule has 1 aromatic rings. The second-order valence-electron chi connectivity index (χ2n) is 5.24. The average Bonchev–Trinajstić information content (AvgIpc) is 3.06. The minimum absolute atomic E-state index is 0.173. The molecular weight excluding hydrogens is 240 g/mol. The summed E-state index contributed by atoms with van der Waals surface area (Å²) in [5, 5.41) is 10.6. The smallest absolute Gasteiger partial charge is 0.240 e. The predicted molar refractivity (Wildman–Crippen MR) is 74.7 cm³/mol. The molecule has 0 aliphatic carbocycles. The summed E-state index contributed by atoms with van der Waals surface area (Å²) in [5.74, 6) is 0.173. The number of aryl methyl sites for hydroxylation is 1. The fraction of sp³-hybridized carbons (Fsp3) is 0.714. The van der Waals surface area contributed by atoms with Crippen molar-refractivity contribution in [1.82, 2.24) is 20.4 Å². The first-order chi connectivity index (χ1) is 9.27. The summed E-state index contributed by atoms with van der Waals surface area (Å²) in [6.45, 7) is 4.65. The number of rotatable bonds is 7. The van der Waals surface area contributed by atoms with Crippen molar-refractivity contribution in [3.8, 4) is 0 Å². The molecule has 2 heterocycles. The lowest BCUT2D eigenvalue weighted by molar-refractivity contribution is -0.127. The minimum Gasteiger partial charge on any atom is -0.354 e. The molecule has 0 radical (unpaired) electrons. The fourth-order valence-corrected chi connectivity index (χ4v) is 2.80. The van der Waals surface area contributed by atoms with Crippen LogP contribution < -0.4 is 10.6 Å². The van der Waals surface area contributed by atoms with Crippen molar-refractivity contribution in [2.45, 2.75) is 51.1 Å². The predicted octanol–water partition coefficient (Wildman–Crippen LogP) is 1.31. The van der Waals surface area contributed by atoms with Crippen molar-refractivity contribution < 1.29 is 4.79 Å². The van der Waals surface area contributed by atoms with E-state index in [1.807, 2.05) is 16.9 Å². The Hall–Kier alpha value is -1.36. The van der Waals surface area contributed by atoms with Gasteiger partial charge in [-0.2, -0.15) is 5.10 Å². The summed E-state index contributed by atoms with van der Waals surface area (Å²) in [4.78, 5) is 12.3. The van der Waals surface area contributed by atoms with Crippen LogP contribution in [0, 0.1) is 0 Å². The quantitative estimate of drug-likeness (QED) is 0.730. The Labute approximate surface area is 114 Å². The molecule has 0 spiro atoms. The molecule has 19 heavy (non-hydrogen) atoms. The summed E-state index contributed by atoms with van der Waals surface area (Å²) in [7, 11) is 0. The van der Waals surface area contributed by atoms with Crippen LogP contribution in [0.25, 0.3) is 0 Å². The van der Waals surface area contributed by atoms with Crippen LogP contribution in [0.15, 0.2) is 18.5 Å². The number of nitrogens with one attached hydrogen (secondary N) is 2. The van der Waals surface area contributed by atoms with Gasteiger partial charge < -0.3 is 10.6 Å². The molecule has 106 valence electrons. The highest BCUT2D eigenvalue weighted by atomic mass is 16.2. The average molecular weight is 264 g/mol. The van der Waals surface area contributed by atoms with Crippen LogP contribution in [0.1, 0.15) is 39.0 Å². The molecule has 5 nitrogen and oxygen atoms in total. The lowest BCUT2D eigenvalue weighted by atomic mass is 9.91. The molecule has 2 rings (SSSR count). The molecular formula is C14H24N4O. The van der Waals surface area contributed by atoms with Gasteiger partial charge in [0.05, 0.1) is 5.54 Å². The fourth-order valence-electron chi connectivity index (χ4n) is 2.80. The van der Waals surface area contributed by atoms with Crippen LogP contribution in [0.4, 0.5) is 0 Å². The van der Waals surface area contributed by atoms with Crippen LogP contribution in [-0.2, 0) is 11.3 Å². The second kappa shape index (κ2) is 6.70. The van der Waals surface area contributed by atoms with E-state index in [1.54, 1.807) is 6.20 Å². The normalized spacial score (nSPS) is 22.6. The number of nitrogens with zero attached hydrogens (tertiary/aromatic N) is 2. The third kappa shape index (κ3) is 3.56. The maximum Gasteiger partial charge on any atom is 0.240 e. The van der Waals surface area contributed by atoms with Crippen LogP contribution >= 0.6 is 0 Å². The maximum absolute atomic E-state index is 12.3. The molecule has 1 amide bonds. The number of hydrogen-bond donors (Lipinski definition) is 2. The van der Waals surface area contributed by atoms with E-state index in [0.717, 1.165) is 45.2 Å². The van der Waals surface area contributed by atoms with Gasteiger partial charge >= 0.3 is 0 Å². The number of carbonyl (C=O) groups excluding carboxylic acids is 1. The van der Waals surface area contributed by atoms with E-state index in [9.17, 15) is 4.79 Å². The molecule has 1 atom stereocenters. The standard InChI is InChI=1S/C14H24N4O/c1-2-6-14(7-3-9-16-14)13(19)15-8-4-11-18-12-5-10-17-18/h5,10,12,16H,2-4,6-9,11H2,1H3,(H,15,19). The van der Waals surface area contributed by atoms with Gasteiger partial charge in [-0.1, -0.05) is 13.3 Å². The van der Waals surface area contributed by atoms with Crippen molar-refractivity contribution in [3.05, 3.63) is 18.5 Å². The van der Waals surface area contributed by atoms with E-state index in [2.05, 4.69) is 22.7 Å². The topological polar surface area (TPSA) is 59.0 Å². The van der Waals surface area contributed by atoms with E-state index < -0.39 is 0 Å². The lowest BCUT2D eigenvalue weighted by Gasteiger charge is -2.27. The van der Waals surface area contributed by atoms with E-state index in [1.165, 1.54) is 0 Å². The second-order valence-corrected chi connectivity index (χ2v) is 5.24. The monoisotopic (exact) mass is 264 g/mol. The van der Waals surface area contributed by atoms with Crippen LogP contribution in [0.3, 0.4) is 0 Å². The van der Waals surface area contributed by atoms with Gasteiger partial charge in [0.2, 0.25) is 5.91 Å². The van der Waals surface area contributed by atoms with Crippen LogP contribution in [-0.4, -0.2) is 34.3 Å². The van der Waals surface area contributed by atoms with Crippen molar-refractivity contribution in [3.63, 3.8) is 0 Å². The molecule has 5 heteroatoms. The molecule has 1 aliphatic heterocycles. The van der Waals surface area contributed by atoms with Crippen molar-refractivity contribution >= 4 is 5.91 Å². The van der Waals surface area contributed by atoms with E-state index in [0.29, 0.717) is 6.54 Å². The van der Waals surface area contributed by atoms with E-state index >= 15 is 0 Å². The molecule has 1 saturated heterocycles. The summed E-state index contributed by atoms with van der Waals surface area (Å²) in [6.07, 6.45) is 8.66. The molecule has 1 aromatic heterocycles. The zero-order valence-electron chi connectivity index (χ0n) is 11.7. The first-order valence-corrected chi connectivity index (χ1v) is 7.27. The van der Waals surface area contributed by atoms with Gasteiger partial charge in [-0.05, 0) is 38.3 Å². The summed E-state index contributed by atoms with van der Waals surface area (Å²) >= 11 is 0. The van der Waals surface area contributed by atoms with Gasteiger partial charge in [-0.25, -0.2) is 0 Å². The SMILES string of the molecule is CCCC1(C(=O)NCCCn2cccn2)CCCN1. The van der Waals surface area contributed by atoms with Crippen molar-refractivity contribution in [2.75, 3.05) is 13.1 Å². The minimum atomic E-state index is -0.305. The Balaban J connectivity index is 1.73. The molecule has 0 aromatic carbocycles. The molecule has 0 bridgehead atoms. The Bertz CT molecular complexity index is 382. The van der Waals surface area contributed by atoms with Gasteiger partial charge in [-0.3, -0.25) is 9.48 Å². The Morgan fingerprint density at radius 1 is 1.58 bits per heavy atom. The van der Waals surface area contributed by atoms with Crippen LogP contribution in [0.5, 0.6) is 0 Å². The van der Waals surface area contributed by atoms with Gasteiger partial charge in [0.1, 0.15) is 0 Å². The van der Waals surface area contributed by atoms with Crippen LogP contribution in [0.2, 0.25) is 0 Å². The third-order valence-corrected chi connectivity index (χ3v) is 3.76. The maximum atomic E-state index is 12.3. The third-order valence-electron chi connectivity index (χ3n) is 3.76. The molecule has 0 saturated carbocycles. The number of hydrogen-bond acceptors (Lipinski definition) is 3. The largest absolute Gasteiger partial charge is 0.354 e. The van der Waals surface area contributed by atoms with Gasteiger partial charge in [0.25, 0.3) is 0 Å². The van der Waals surface area contributed by atoms with Crippen molar-refractivity contribution in [1.29, 1.82) is 0 Å². The molecule has 1 unspecified atom stereocenters. The number of aromatic nitrogens is 2. The zero-order chi connectivity index (χ0) is 13.6. The van der Waals surface area contributed by atoms with Gasteiger partial charge in [-0.15, -0.1) is 0 Å². The Kier molecular flexibility index (Phi) is 4.96. The highest BCUT2D eigenvalue weighted by Gasteiger charge is 2.39. The van der Waals surface area contributed by atoms with Crippen molar-refractivity contribution in [2.24, 2.45) is 0 Å². The number of carbonyl (C=O) groups is 1. The molecule has 1 fully saturated rings. The summed E-state index contributed by atoms with van der Waals surface area (Å²) in [5.41, 5.74) is -0.305. The first-order valence-electron chi connectivity index (χ1n) is 7.27.